The van der Waals surface area contributed by atoms with Crippen LogP contribution in [-0.2, 0) is 6.61 Å². The predicted molar refractivity (Wildman–Crippen MR) is 58.8 cm³/mol. The summed E-state index contributed by atoms with van der Waals surface area (Å²) in [6.07, 6.45) is 0.886. The fourth-order valence-electron chi connectivity index (χ4n) is 1.71. The van der Waals surface area contributed by atoms with E-state index in [1.54, 1.807) is 0 Å². The van der Waals surface area contributed by atoms with E-state index < -0.39 is 0 Å². The normalized spacial score (nSPS) is 12.6. The van der Waals surface area contributed by atoms with Crippen LogP contribution in [0.25, 0.3) is 0 Å². The Balaban J connectivity index is 2.29. The maximum absolute atomic E-state index is 8.89. The molecule has 0 amide bonds. The van der Waals surface area contributed by atoms with Crippen LogP contribution in [0, 0.1) is 0 Å². The second-order valence-corrected chi connectivity index (χ2v) is 3.58. The summed E-state index contributed by atoms with van der Waals surface area (Å²) >= 11 is 0. The maximum Gasteiger partial charge on any atom is 0.234 e. The van der Waals surface area contributed by atoms with Gasteiger partial charge in [-0.3, -0.25) is 0 Å². The number of rotatable bonds is 4. The summed E-state index contributed by atoms with van der Waals surface area (Å²) in [7, 11) is 0. The minimum absolute atomic E-state index is 0.106. The summed E-state index contributed by atoms with van der Waals surface area (Å²) in [4.78, 5) is 4.15. The molecule has 0 aliphatic heterocycles. The van der Waals surface area contributed by atoms with E-state index in [0.717, 1.165) is 12.0 Å². The van der Waals surface area contributed by atoms with Crippen molar-refractivity contribution in [2.75, 3.05) is 0 Å². The smallest absolute Gasteiger partial charge is 0.234 e. The van der Waals surface area contributed by atoms with Crippen LogP contribution >= 0.6 is 0 Å². The second kappa shape index (κ2) is 4.90. The fraction of sp³-hybridized carbons (Fsp3) is 0.333. The number of aliphatic hydroxyl groups excluding tert-OH is 1. The van der Waals surface area contributed by atoms with Gasteiger partial charge in [0.15, 0.2) is 5.82 Å². The minimum Gasteiger partial charge on any atom is -0.388 e. The molecule has 0 saturated carbocycles. The zero-order chi connectivity index (χ0) is 11.4. The molecule has 4 nitrogen and oxygen atoms in total. The van der Waals surface area contributed by atoms with Crippen molar-refractivity contribution in [2.45, 2.75) is 25.9 Å². The van der Waals surface area contributed by atoms with Gasteiger partial charge in [-0.25, -0.2) is 0 Å². The Morgan fingerprint density at radius 3 is 2.62 bits per heavy atom. The second-order valence-electron chi connectivity index (χ2n) is 3.58. The molecular formula is C12H14N2O2. The SMILES string of the molecule is CCC(c1ccccc1)c1nc(CO)no1. The molecule has 1 aromatic heterocycles. The van der Waals surface area contributed by atoms with Crippen LogP contribution in [0.15, 0.2) is 34.9 Å². The van der Waals surface area contributed by atoms with Crippen LogP contribution in [-0.4, -0.2) is 15.2 Å². The molecule has 1 heterocycles. The van der Waals surface area contributed by atoms with Crippen molar-refractivity contribution < 1.29 is 9.63 Å². The molecular weight excluding hydrogens is 204 g/mol. The van der Waals surface area contributed by atoms with Gasteiger partial charge in [0, 0.05) is 0 Å². The molecule has 2 rings (SSSR count). The van der Waals surface area contributed by atoms with E-state index in [0.29, 0.717) is 11.7 Å². The first-order chi connectivity index (χ1) is 7.85. The molecule has 2 aromatic rings. The van der Waals surface area contributed by atoms with Gasteiger partial charge in [-0.1, -0.05) is 42.4 Å². The summed E-state index contributed by atoms with van der Waals surface area (Å²) in [5.41, 5.74) is 1.15. The lowest BCUT2D eigenvalue weighted by Crippen LogP contribution is -2.00. The average molecular weight is 218 g/mol. The van der Waals surface area contributed by atoms with Crippen molar-refractivity contribution in [3.05, 3.63) is 47.6 Å². The third-order valence-electron chi connectivity index (χ3n) is 2.53. The summed E-state index contributed by atoms with van der Waals surface area (Å²) in [6, 6.07) is 10.0. The molecule has 0 spiro atoms. The fourth-order valence-corrected chi connectivity index (χ4v) is 1.71. The number of aromatic nitrogens is 2. The number of nitrogens with zero attached hydrogens (tertiary/aromatic N) is 2. The third-order valence-corrected chi connectivity index (χ3v) is 2.53. The molecule has 4 heteroatoms. The molecule has 84 valence electrons. The largest absolute Gasteiger partial charge is 0.388 e. The van der Waals surface area contributed by atoms with Crippen LogP contribution in [0.5, 0.6) is 0 Å². The van der Waals surface area contributed by atoms with Crippen LogP contribution < -0.4 is 0 Å². The Hall–Kier alpha value is -1.68. The molecule has 0 saturated heterocycles. The van der Waals surface area contributed by atoms with Gasteiger partial charge in [-0.05, 0) is 12.0 Å². The zero-order valence-corrected chi connectivity index (χ0v) is 9.13. The molecule has 1 atom stereocenters. The van der Waals surface area contributed by atoms with Gasteiger partial charge in [-0.15, -0.1) is 0 Å². The highest BCUT2D eigenvalue weighted by Gasteiger charge is 2.18. The highest BCUT2D eigenvalue weighted by atomic mass is 16.5. The Labute approximate surface area is 93.9 Å². The van der Waals surface area contributed by atoms with Gasteiger partial charge in [0.25, 0.3) is 0 Å². The van der Waals surface area contributed by atoms with Crippen molar-refractivity contribution in [1.29, 1.82) is 0 Å². The van der Waals surface area contributed by atoms with E-state index in [1.807, 2.05) is 30.3 Å². The van der Waals surface area contributed by atoms with Gasteiger partial charge >= 0.3 is 0 Å². The van der Waals surface area contributed by atoms with Crippen molar-refractivity contribution in [2.24, 2.45) is 0 Å². The van der Waals surface area contributed by atoms with E-state index in [4.69, 9.17) is 9.63 Å². The first kappa shape index (κ1) is 10.8. The summed E-state index contributed by atoms with van der Waals surface area (Å²) in [5, 5.41) is 12.6. The molecule has 0 bridgehead atoms. The van der Waals surface area contributed by atoms with Crippen molar-refractivity contribution >= 4 is 0 Å². The first-order valence-corrected chi connectivity index (χ1v) is 5.33. The molecule has 1 N–H and O–H groups in total. The van der Waals surface area contributed by atoms with E-state index >= 15 is 0 Å². The number of hydrogen-bond acceptors (Lipinski definition) is 4. The Morgan fingerprint density at radius 2 is 2.06 bits per heavy atom. The monoisotopic (exact) mass is 218 g/mol. The van der Waals surface area contributed by atoms with Gasteiger partial charge in [0.05, 0.1) is 5.92 Å². The van der Waals surface area contributed by atoms with E-state index in [1.165, 1.54) is 0 Å². The summed E-state index contributed by atoms with van der Waals surface area (Å²) < 4.78 is 5.14. The van der Waals surface area contributed by atoms with Crippen LogP contribution in [0.3, 0.4) is 0 Å². The van der Waals surface area contributed by atoms with Gasteiger partial charge in [0.1, 0.15) is 6.61 Å². The van der Waals surface area contributed by atoms with Gasteiger partial charge < -0.3 is 9.63 Å². The van der Waals surface area contributed by atoms with Crippen LogP contribution in [0.1, 0.15) is 36.5 Å². The van der Waals surface area contributed by atoms with E-state index in [2.05, 4.69) is 17.1 Å². The van der Waals surface area contributed by atoms with Crippen molar-refractivity contribution in [1.82, 2.24) is 10.1 Å². The summed E-state index contributed by atoms with van der Waals surface area (Å²) in [5.74, 6) is 1.01. The minimum atomic E-state index is -0.186. The zero-order valence-electron chi connectivity index (χ0n) is 9.13. The van der Waals surface area contributed by atoms with E-state index in [9.17, 15) is 0 Å². The van der Waals surface area contributed by atoms with Crippen LogP contribution in [0.2, 0.25) is 0 Å². The van der Waals surface area contributed by atoms with Crippen molar-refractivity contribution in [3.8, 4) is 0 Å². The van der Waals surface area contributed by atoms with Crippen molar-refractivity contribution in [3.63, 3.8) is 0 Å². The molecule has 0 aliphatic carbocycles. The highest BCUT2D eigenvalue weighted by molar-refractivity contribution is 5.24. The number of benzene rings is 1. The van der Waals surface area contributed by atoms with Crippen LogP contribution in [0.4, 0.5) is 0 Å². The molecule has 0 radical (unpaired) electrons. The Morgan fingerprint density at radius 1 is 1.31 bits per heavy atom. The summed E-state index contributed by atoms with van der Waals surface area (Å²) in [6.45, 7) is 1.88. The van der Waals surface area contributed by atoms with Gasteiger partial charge in [0.2, 0.25) is 5.89 Å². The van der Waals surface area contributed by atoms with E-state index in [-0.39, 0.29) is 12.5 Å². The molecule has 16 heavy (non-hydrogen) atoms. The third kappa shape index (κ3) is 2.12. The lowest BCUT2D eigenvalue weighted by molar-refractivity contribution is 0.262. The standard InChI is InChI=1S/C12H14N2O2/c1-2-10(9-6-4-3-5-7-9)12-13-11(8-15)14-16-12/h3-7,10,15H,2,8H2,1H3. The first-order valence-electron chi connectivity index (χ1n) is 5.33. The quantitative estimate of drug-likeness (QED) is 0.853. The van der Waals surface area contributed by atoms with Gasteiger partial charge in [-0.2, -0.15) is 4.98 Å². The lowest BCUT2D eigenvalue weighted by Gasteiger charge is -2.09. The topological polar surface area (TPSA) is 59.2 Å². The molecule has 0 fully saturated rings. The average Bonchev–Trinajstić information content (AvgIpc) is 2.80. The highest BCUT2D eigenvalue weighted by Crippen LogP contribution is 2.25. The Bertz CT molecular complexity index is 439. The molecule has 1 aromatic carbocycles. The number of aliphatic hydroxyl groups is 1. The molecule has 0 aliphatic rings. The lowest BCUT2D eigenvalue weighted by atomic mass is 9.96. The number of hydrogen-bond donors (Lipinski definition) is 1. The maximum atomic E-state index is 8.89. The molecule has 1 unspecified atom stereocenters. The predicted octanol–water partition coefficient (Wildman–Crippen LogP) is 2.10. The Kier molecular flexibility index (Phi) is 3.31.